The SMILES string of the molecule is C=CCOC(=O)N1CC(C2=C(C(=O)O)N3C(=O)[C@H]([C@@H](C)O)[C@H]3C2)C[C@H]1CO. The van der Waals surface area contributed by atoms with Gasteiger partial charge in [-0.2, -0.15) is 0 Å². The van der Waals surface area contributed by atoms with Crippen molar-refractivity contribution in [2.45, 2.75) is 38.0 Å². The molecule has 0 spiro atoms. The Bertz CT molecular complexity index is 702. The highest BCUT2D eigenvalue weighted by Crippen LogP contribution is 2.47. The molecular weight excluding hydrogens is 356 g/mol. The van der Waals surface area contributed by atoms with Crippen LogP contribution >= 0.6 is 0 Å². The van der Waals surface area contributed by atoms with Crippen LogP contribution in [0.3, 0.4) is 0 Å². The van der Waals surface area contributed by atoms with E-state index in [2.05, 4.69) is 6.58 Å². The lowest BCUT2D eigenvalue weighted by atomic mass is 9.81. The van der Waals surface area contributed by atoms with E-state index in [0.717, 1.165) is 0 Å². The number of carboxylic acid groups (broad SMARTS) is 1. The first-order valence-corrected chi connectivity index (χ1v) is 8.94. The number of hydrogen-bond acceptors (Lipinski definition) is 6. The van der Waals surface area contributed by atoms with Gasteiger partial charge in [0.2, 0.25) is 5.91 Å². The lowest BCUT2D eigenvalue weighted by Gasteiger charge is -2.44. The first-order chi connectivity index (χ1) is 12.8. The van der Waals surface area contributed by atoms with E-state index in [4.69, 9.17) is 4.74 Å². The molecule has 27 heavy (non-hydrogen) atoms. The number of fused-ring (bicyclic) bond motifs is 1. The van der Waals surface area contributed by atoms with Gasteiger partial charge in [-0.15, -0.1) is 0 Å². The second-order valence-electron chi connectivity index (χ2n) is 7.21. The van der Waals surface area contributed by atoms with Crippen molar-refractivity contribution in [3.8, 4) is 0 Å². The molecule has 0 aliphatic carbocycles. The minimum Gasteiger partial charge on any atom is -0.477 e. The number of aliphatic hydroxyl groups excluding tert-OH is 2. The summed E-state index contributed by atoms with van der Waals surface area (Å²) >= 11 is 0. The van der Waals surface area contributed by atoms with Gasteiger partial charge in [0, 0.05) is 12.5 Å². The fraction of sp³-hybridized carbons (Fsp3) is 0.611. The van der Waals surface area contributed by atoms with Crippen LogP contribution in [-0.2, 0) is 14.3 Å². The first kappa shape index (κ1) is 19.4. The Kier molecular flexibility index (Phi) is 5.25. The van der Waals surface area contributed by atoms with Gasteiger partial charge in [0.15, 0.2) is 0 Å². The molecule has 148 valence electrons. The highest BCUT2D eigenvalue weighted by molar-refractivity contribution is 5.99. The summed E-state index contributed by atoms with van der Waals surface area (Å²) in [5.41, 5.74) is 0.534. The average Bonchev–Trinajstić information content (AvgIpc) is 3.18. The average molecular weight is 380 g/mol. The van der Waals surface area contributed by atoms with Crippen LogP contribution in [0, 0.1) is 11.8 Å². The molecule has 3 rings (SSSR count). The second kappa shape index (κ2) is 7.32. The molecule has 1 unspecified atom stereocenters. The molecule has 5 atom stereocenters. The molecule has 2 fully saturated rings. The van der Waals surface area contributed by atoms with Gasteiger partial charge < -0.3 is 29.9 Å². The zero-order valence-corrected chi connectivity index (χ0v) is 15.1. The number of carboxylic acids is 1. The number of β-lactam (4-membered cyclic amide) rings is 1. The van der Waals surface area contributed by atoms with Crippen LogP contribution < -0.4 is 0 Å². The summed E-state index contributed by atoms with van der Waals surface area (Å²) in [6, 6.07) is -0.848. The van der Waals surface area contributed by atoms with Crippen LogP contribution in [0.1, 0.15) is 19.8 Å². The Morgan fingerprint density at radius 2 is 2.15 bits per heavy atom. The highest BCUT2D eigenvalue weighted by atomic mass is 16.6. The van der Waals surface area contributed by atoms with Crippen LogP contribution in [0.25, 0.3) is 0 Å². The van der Waals surface area contributed by atoms with Gasteiger partial charge in [-0.25, -0.2) is 9.59 Å². The fourth-order valence-corrected chi connectivity index (χ4v) is 4.45. The zero-order chi connectivity index (χ0) is 19.9. The Hall–Kier alpha value is -2.39. The van der Waals surface area contributed by atoms with Crippen molar-refractivity contribution in [1.82, 2.24) is 9.80 Å². The summed E-state index contributed by atoms with van der Waals surface area (Å²) in [5, 5.41) is 29.1. The number of carbonyl (C=O) groups is 3. The monoisotopic (exact) mass is 380 g/mol. The van der Waals surface area contributed by atoms with Crippen LogP contribution in [0.5, 0.6) is 0 Å². The molecule has 0 aromatic heterocycles. The first-order valence-electron chi connectivity index (χ1n) is 8.94. The largest absolute Gasteiger partial charge is 0.477 e. The van der Waals surface area contributed by atoms with Crippen LogP contribution in [0.15, 0.2) is 23.9 Å². The number of likely N-dealkylation sites (tertiary alicyclic amines) is 1. The Labute approximate surface area is 156 Å². The molecule has 0 saturated carbocycles. The second-order valence-corrected chi connectivity index (χ2v) is 7.21. The smallest absolute Gasteiger partial charge is 0.410 e. The third-order valence-corrected chi connectivity index (χ3v) is 5.64. The van der Waals surface area contributed by atoms with E-state index in [1.54, 1.807) is 0 Å². The predicted molar refractivity (Wildman–Crippen MR) is 92.3 cm³/mol. The quantitative estimate of drug-likeness (QED) is 0.435. The molecule has 0 radical (unpaired) electrons. The molecule has 0 aromatic carbocycles. The number of aliphatic hydroxyl groups is 2. The van der Waals surface area contributed by atoms with Crippen molar-refractivity contribution in [2.75, 3.05) is 19.8 Å². The van der Waals surface area contributed by atoms with Gasteiger partial charge >= 0.3 is 12.1 Å². The molecule has 2 saturated heterocycles. The fourth-order valence-electron chi connectivity index (χ4n) is 4.45. The van der Waals surface area contributed by atoms with Crippen molar-refractivity contribution in [1.29, 1.82) is 0 Å². The summed E-state index contributed by atoms with van der Waals surface area (Å²) in [6.45, 7) is 4.99. The molecule has 3 aliphatic rings. The topological polar surface area (TPSA) is 128 Å². The standard InChI is InChI=1S/C18H24N2O7/c1-3-4-27-18(26)19-7-10(5-11(19)8-21)12-6-13-14(9(2)22)16(23)20(13)15(12)17(24)25/h3,9-11,13-14,21-22H,1,4-8H2,2H3,(H,24,25)/t9-,10?,11+,13-,14-/m1/s1. The van der Waals surface area contributed by atoms with E-state index in [0.29, 0.717) is 18.4 Å². The van der Waals surface area contributed by atoms with Crippen molar-refractivity contribution in [3.63, 3.8) is 0 Å². The van der Waals surface area contributed by atoms with E-state index < -0.39 is 30.1 Å². The summed E-state index contributed by atoms with van der Waals surface area (Å²) in [5.74, 6) is -2.49. The number of carbonyl (C=O) groups excluding carboxylic acids is 2. The third kappa shape index (κ3) is 3.10. The molecule has 9 nitrogen and oxygen atoms in total. The Balaban J connectivity index is 1.83. The summed E-state index contributed by atoms with van der Waals surface area (Å²) < 4.78 is 5.04. The van der Waals surface area contributed by atoms with Gasteiger partial charge in [0.05, 0.1) is 30.7 Å². The number of rotatable bonds is 6. The molecule has 2 amide bonds. The lowest BCUT2D eigenvalue weighted by Crippen LogP contribution is -2.61. The summed E-state index contributed by atoms with van der Waals surface area (Å²) in [7, 11) is 0. The van der Waals surface area contributed by atoms with Crippen molar-refractivity contribution in [2.24, 2.45) is 11.8 Å². The molecule has 0 aromatic rings. The summed E-state index contributed by atoms with van der Waals surface area (Å²) in [6.07, 6.45) is 0.732. The van der Waals surface area contributed by atoms with E-state index in [1.807, 2.05) is 0 Å². The maximum Gasteiger partial charge on any atom is 0.410 e. The van der Waals surface area contributed by atoms with Gasteiger partial charge in [0.25, 0.3) is 0 Å². The molecule has 3 aliphatic heterocycles. The molecule has 0 bridgehead atoms. The molecule has 3 heterocycles. The van der Waals surface area contributed by atoms with Gasteiger partial charge in [-0.05, 0) is 25.3 Å². The lowest BCUT2D eigenvalue weighted by molar-refractivity contribution is -0.161. The third-order valence-electron chi connectivity index (χ3n) is 5.64. The van der Waals surface area contributed by atoms with Gasteiger partial charge in [-0.1, -0.05) is 12.7 Å². The molecule has 3 N–H and O–H groups in total. The van der Waals surface area contributed by atoms with Gasteiger partial charge in [-0.3, -0.25) is 4.79 Å². The molecular formula is C18H24N2O7. The number of nitrogens with zero attached hydrogens (tertiary/aromatic N) is 2. The Morgan fingerprint density at radius 1 is 1.44 bits per heavy atom. The van der Waals surface area contributed by atoms with Crippen LogP contribution in [0.4, 0.5) is 4.79 Å². The number of amides is 2. The van der Waals surface area contributed by atoms with Crippen LogP contribution in [0.2, 0.25) is 0 Å². The minimum atomic E-state index is -1.20. The van der Waals surface area contributed by atoms with Crippen LogP contribution in [-0.4, -0.2) is 81.0 Å². The van der Waals surface area contributed by atoms with E-state index >= 15 is 0 Å². The van der Waals surface area contributed by atoms with Gasteiger partial charge in [0.1, 0.15) is 12.3 Å². The summed E-state index contributed by atoms with van der Waals surface area (Å²) in [4.78, 5) is 39.0. The number of aliphatic carboxylic acids is 1. The number of ether oxygens (including phenoxy) is 1. The normalized spacial score (nSPS) is 30.9. The zero-order valence-electron chi connectivity index (χ0n) is 15.1. The van der Waals surface area contributed by atoms with Crippen molar-refractivity contribution < 1.29 is 34.4 Å². The number of hydrogen-bond donors (Lipinski definition) is 3. The maximum absolute atomic E-state index is 12.3. The maximum atomic E-state index is 12.3. The van der Waals surface area contributed by atoms with E-state index in [9.17, 15) is 29.7 Å². The van der Waals surface area contributed by atoms with E-state index in [1.165, 1.54) is 22.8 Å². The molecule has 9 heteroatoms. The van der Waals surface area contributed by atoms with Crippen molar-refractivity contribution >= 4 is 18.0 Å². The van der Waals surface area contributed by atoms with Crippen molar-refractivity contribution in [3.05, 3.63) is 23.9 Å². The highest BCUT2D eigenvalue weighted by Gasteiger charge is 2.58. The minimum absolute atomic E-state index is 0.0433. The van der Waals surface area contributed by atoms with E-state index in [-0.39, 0.29) is 43.3 Å². The predicted octanol–water partition coefficient (Wildman–Crippen LogP) is -0.0580. The Morgan fingerprint density at radius 3 is 2.70 bits per heavy atom.